The SMILES string of the molecule is O=C(Nc1cccc(Cl)c1Cl)N(S)C1CCN(c2ncnc3cc(Cl)ccc23)CC1. The predicted molar refractivity (Wildman–Crippen MR) is 126 cm³/mol. The van der Waals surface area contributed by atoms with E-state index in [1.54, 1.807) is 24.5 Å². The molecule has 0 spiro atoms. The van der Waals surface area contributed by atoms with Crippen molar-refractivity contribution in [2.24, 2.45) is 0 Å². The highest BCUT2D eigenvalue weighted by Crippen LogP contribution is 2.31. The number of aromatic nitrogens is 2. The minimum Gasteiger partial charge on any atom is -0.356 e. The van der Waals surface area contributed by atoms with Crippen molar-refractivity contribution in [1.82, 2.24) is 14.3 Å². The molecule has 2 heterocycles. The van der Waals surface area contributed by atoms with Crippen LogP contribution in [0.4, 0.5) is 16.3 Å². The summed E-state index contributed by atoms with van der Waals surface area (Å²) in [6.07, 6.45) is 3.05. The number of carbonyl (C=O) groups is 1. The highest BCUT2D eigenvalue weighted by molar-refractivity contribution is 7.78. The summed E-state index contributed by atoms with van der Waals surface area (Å²) in [5.74, 6) is 0.871. The third kappa shape index (κ3) is 4.39. The molecule has 1 aliphatic heterocycles. The van der Waals surface area contributed by atoms with E-state index < -0.39 is 0 Å². The maximum absolute atomic E-state index is 12.6. The Morgan fingerprint density at radius 1 is 1.13 bits per heavy atom. The fraction of sp³-hybridized carbons (Fsp3) is 0.250. The van der Waals surface area contributed by atoms with Crippen molar-refractivity contribution in [3.8, 4) is 0 Å². The first-order valence-corrected chi connectivity index (χ1v) is 10.9. The van der Waals surface area contributed by atoms with Crippen LogP contribution >= 0.6 is 47.6 Å². The Bertz CT molecular complexity index is 1090. The highest BCUT2D eigenvalue weighted by Gasteiger charge is 2.28. The second kappa shape index (κ2) is 9.06. The third-order valence-corrected chi connectivity index (χ3v) is 6.65. The Balaban J connectivity index is 1.42. The van der Waals surface area contributed by atoms with Gasteiger partial charge in [-0.3, -0.25) is 4.31 Å². The monoisotopic (exact) mass is 481 g/mol. The summed E-state index contributed by atoms with van der Waals surface area (Å²) in [6.45, 7) is 1.48. The molecule has 6 nitrogen and oxygen atoms in total. The van der Waals surface area contributed by atoms with Crippen LogP contribution in [0.1, 0.15) is 12.8 Å². The predicted octanol–water partition coefficient (Wildman–Crippen LogP) is 5.94. The molecule has 10 heteroatoms. The van der Waals surface area contributed by atoms with E-state index in [0.717, 1.165) is 42.7 Å². The number of carbonyl (C=O) groups excluding carboxylic acids is 1. The number of rotatable bonds is 3. The normalized spacial score (nSPS) is 14.7. The van der Waals surface area contributed by atoms with Crippen LogP contribution in [0.3, 0.4) is 0 Å². The molecule has 0 bridgehead atoms. The van der Waals surface area contributed by atoms with Crippen molar-refractivity contribution in [3.63, 3.8) is 0 Å². The summed E-state index contributed by atoms with van der Waals surface area (Å²) in [7, 11) is 0. The summed E-state index contributed by atoms with van der Waals surface area (Å²) in [5.41, 5.74) is 1.26. The smallest absolute Gasteiger partial charge is 0.331 e. The van der Waals surface area contributed by atoms with Crippen molar-refractivity contribution in [2.75, 3.05) is 23.3 Å². The van der Waals surface area contributed by atoms with Gasteiger partial charge < -0.3 is 10.2 Å². The maximum Gasteiger partial charge on any atom is 0.331 e. The number of fused-ring (bicyclic) bond motifs is 1. The van der Waals surface area contributed by atoms with Gasteiger partial charge in [0.1, 0.15) is 12.1 Å². The second-order valence-electron chi connectivity index (χ2n) is 6.95. The average Bonchev–Trinajstić information content (AvgIpc) is 2.76. The molecule has 2 aromatic carbocycles. The molecule has 1 aliphatic rings. The Kier molecular flexibility index (Phi) is 6.43. The van der Waals surface area contributed by atoms with E-state index in [-0.39, 0.29) is 12.1 Å². The lowest BCUT2D eigenvalue weighted by atomic mass is 10.0. The molecular formula is C20H18Cl3N5OS. The molecule has 156 valence electrons. The van der Waals surface area contributed by atoms with Crippen molar-refractivity contribution in [3.05, 3.63) is 57.8 Å². The van der Waals surface area contributed by atoms with E-state index in [2.05, 4.69) is 33.0 Å². The van der Waals surface area contributed by atoms with E-state index in [9.17, 15) is 4.79 Å². The lowest BCUT2D eigenvalue weighted by molar-refractivity contribution is 0.223. The topological polar surface area (TPSA) is 61.4 Å². The zero-order valence-corrected chi connectivity index (χ0v) is 18.9. The number of hydrogen-bond donors (Lipinski definition) is 2. The molecule has 0 radical (unpaired) electrons. The van der Waals surface area contributed by atoms with Crippen molar-refractivity contribution < 1.29 is 4.79 Å². The standard InChI is InChI=1S/C20H18Cl3N5OS/c21-12-4-5-14-17(10-12)24-11-25-19(14)27-8-6-13(7-9-27)28(30)20(29)26-16-3-1-2-15(22)18(16)23/h1-5,10-11,13,30H,6-9H2,(H,26,29). The van der Waals surface area contributed by atoms with Crippen LogP contribution in [0, 0.1) is 0 Å². The number of nitrogens with one attached hydrogen (secondary N) is 1. The molecule has 0 atom stereocenters. The molecular weight excluding hydrogens is 465 g/mol. The van der Waals surface area contributed by atoms with Crippen LogP contribution < -0.4 is 10.2 Å². The number of thiol groups is 1. The minimum absolute atomic E-state index is 0.0231. The number of halogens is 3. The fourth-order valence-corrected chi connectivity index (χ4v) is 4.32. The van der Waals surface area contributed by atoms with E-state index in [0.29, 0.717) is 20.8 Å². The maximum atomic E-state index is 12.6. The number of anilines is 2. The van der Waals surface area contributed by atoms with Crippen molar-refractivity contribution >= 4 is 76.1 Å². The summed E-state index contributed by atoms with van der Waals surface area (Å²) in [5, 5.41) is 5.05. The van der Waals surface area contributed by atoms with Gasteiger partial charge in [-0.05, 0) is 43.2 Å². The molecule has 1 fully saturated rings. The second-order valence-corrected chi connectivity index (χ2v) is 8.61. The third-order valence-electron chi connectivity index (χ3n) is 5.09. The molecule has 0 aliphatic carbocycles. The van der Waals surface area contributed by atoms with E-state index in [1.165, 1.54) is 4.31 Å². The quantitative estimate of drug-likeness (QED) is 0.454. The van der Waals surface area contributed by atoms with Gasteiger partial charge in [0.15, 0.2) is 0 Å². The molecule has 0 saturated carbocycles. The van der Waals surface area contributed by atoms with Gasteiger partial charge >= 0.3 is 6.03 Å². The van der Waals surface area contributed by atoms with E-state index in [1.807, 2.05) is 18.2 Å². The fourth-order valence-electron chi connectivity index (χ4n) is 3.53. The number of amides is 2. The number of benzene rings is 2. The first-order valence-electron chi connectivity index (χ1n) is 9.32. The van der Waals surface area contributed by atoms with Crippen LogP contribution in [0.15, 0.2) is 42.7 Å². The molecule has 1 N–H and O–H groups in total. The molecule has 30 heavy (non-hydrogen) atoms. The van der Waals surface area contributed by atoms with Crippen LogP contribution in [0.2, 0.25) is 15.1 Å². The number of hydrogen-bond acceptors (Lipinski definition) is 5. The lowest BCUT2D eigenvalue weighted by Crippen LogP contribution is -2.45. The van der Waals surface area contributed by atoms with Gasteiger partial charge in [-0.15, -0.1) is 0 Å². The van der Waals surface area contributed by atoms with Gasteiger partial charge in [0, 0.05) is 29.5 Å². The van der Waals surface area contributed by atoms with E-state index in [4.69, 9.17) is 34.8 Å². The molecule has 1 saturated heterocycles. The van der Waals surface area contributed by atoms with Crippen LogP contribution in [-0.4, -0.2) is 39.4 Å². The number of urea groups is 1. The average molecular weight is 483 g/mol. The van der Waals surface area contributed by atoms with Gasteiger partial charge in [0.25, 0.3) is 0 Å². The summed E-state index contributed by atoms with van der Waals surface area (Å²) < 4.78 is 1.42. The zero-order valence-electron chi connectivity index (χ0n) is 15.7. The number of nitrogens with zero attached hydrogens (tertiary/aromatic N) is 4. The molecule has 3 aromatic rings. The van der Waals surface area contributed by atoms with Crippen LogP contribution in [0.5, 0.6) is 0 Å². The Morgan fingerprint density at radius 3 is 2.67 bits per heavy atom. The first kappa shape index (κ1) is 21.3. The molecule has 2 amide bonds. The molecule has 4 rings (SSSR count). The van der Waals surface area contributed by atoms with Gasteiger partial charge in [-0.2, -0.15) is 0 Å². The van der Waals surface area contributed by atoms with Gasteiger partial charge in [0.05, 0.1) is 21.2 Å². The van der Waals surface area contributed by atoms with Gasteiger partial charge in [-0.1, -0.05) is 53.7 Å². The van der Waals surface area contributed by atoms with Gasteiger partial charge in [0.2, 0.25) is 0 Å². The number of piperidine rings is 1. The summed E-state index contributed by atoms with van der Waals surface area (Å²) in [6, 6.07) is 10.3. The molecule has 0 unspecified atom stereocenters. The van der Waals surface area contributed by atoms with Gasteiger partial charge in [-0.25, -0.2) is 14.8 Å². The Labute approximate surface area is 194 Å². The van der Waals surface area contributed by atoms with Crippen molar-refractivity contribution in [1.29, 1.82) is 0 Å². The summed E-state index contributed by atoms with van der Waals surface area (Å²) in [4.78, 5) is 23.6. The largest absolute Gasteiger partial charge is 0.356 e. The van der Waals surface area contributed by atoms with Crippen LogP contribution in [-0.2, 0) is 0 Å². The Morgan fingerprint density at radius 2 is 1.90 bits per heavy atom. The van der Waals surface area contributed by atoms with Crippen LogP contribution in [0.25, 0.3) is 10.9 Å². The summed E-state index contributed by atoms with van der Waals surface area (Å²) >= 11 is 22.7. The Hall–Kier alpha value is -1.93. The first-order chi connectivity index (χ1) is 14.4. The minimum atomic E-state index is -0.344. The molecule has 1 aromatic heterocycles. The van der Waals surface area contributed by atoms with Crippen molar-refractivity contribution in [2.45, 2.75) is 18.9 Å². The zero-order chi connectivity index (χ0) is 21.3. The van der Waals surface area contributed by atoms with E-state index >= 15 is 0 Å². The lowest BCUT2D eigenvalue weighted by Gasteiger charge is -2.36. The highest BCUT2D eigenvalue weighted by atomic mass is 35.5.